The van der Waals surface area contributed by atoms with Crippen LogP contribution in [0.5, 0.6) is 0 Å². The third kappa shape index (κ3) is 3.09. The van der Waals surface area contributed by atoms with Gasteiger partial charge in [-0.3, -0.25) is 0 Å². The molecule has 1 aromatic heterocycles. The minimum atomic E-state index is 0.284. The van der Waals surface area contributed by atoms with E-state index in [9.17, 15) is 0 Å². The van der Waals surface area contributed by atoms with E-state index in [0.717, 1.165) is 29.0 Å². The van der Waals surface area contributed by atoms with Crippen LogP contribution in [0.4, 0.5) is 11.6 Å². The maximum absolute atomic E-state index is 5.98. The van der Waals surface area contributed by atoms with Crippen molar-refractivity contribution in [2.24, 2.45) is 0 Å². The summed E-state index contributed by atoms with van der Waals surface area (Å²) in [7, 11) is 3.98. The number of halogens is 1. The van der Waals surface area contributed by atoms with E-state index in [4.69, 9.17) is 11.6 Å². The summed E-state index contributed by atoms with van der Waals surface area (Å²) in [6, 6.07) is 10.1. The largest absolute Gasteiger partial charge is 0.363 e. The molecule has 110 valence electrons. The van der Waals surface area contributed by atoms with Gasteiger partial charge in [-0.1, -0.05) is 23.7 Å². The lowest BCUT2D eigenvalue weighted by Gasteiger charge is -2.25. The number of hydrogen-bond acceptors (Lipinski definition) is 5. The summed E-state index contributed by atoms with van der Waals surface area (Å²) >= 11 is 7.91. The number of hydrogen-bond donors (Lipinski definition) is 0. The highest BCUT2D eigenvalue weighted by molar-refractivity contribution is 7.99. The number of anilines is 2. The Morgan fingerprint density at radius 1 is 1.24 bits per heavy atom. The maximum Gasteiger partial charge on any atom is 0.135 e. The monoisotopic (exact) mass is 320 g/mol. The van der Waals surface area contributed by atoms with Gasteiger partial charge in [0.15, 0.2) is 0 Å². The van der Waals surface area contributed by atoms with Crippen molar-refractivity contribution in [1.29, 1.82) is 0 Å². The molecule has 1 aliphatic heterocycles. The topological polar surface area (TPSA) is 32.3 Å². The van der Waals surface area contributed by atoms with E-state index < -0.39 is 0 Å². The lowest BCUT2D eigenvalue weighted by Crippen LogP contribution is -2.24. The molecule has 1 fully saturated rings. The number of aromatic nitrogens is 2. The zero-order valence-corrected chi connectivity index (χ0v) is 13.6. The van der Waals surface area contributed by atoms with Crippen molar-refractivity contribution >= 4 is 35.0 Å². The number of rotatable bonds is 3. The Balaban J connectivity index is 1.90. The van der Waals surface area contributed by atoms with E-state index in [2.05, 4.69) is 27.0 Å². The van der Waals surface area contributed by atoms with Crippen molar-refractivity contribution in [3.63, 3.8) is 0 Å². The fraction of sp³-hybridized carbons (Fsp3) is 0.333. The van der Waals surface area contributed by atoms with Crippen molar-refractivity contribution in [1.82, 2.24) is 9.97 Å². The van der Waals surface area contributed by atoms with Crippen molar-refractivity contribution in [2.75, 3.05) is 36.2 Å². The minimum absolute atomic E-state index is 0.284. The van der Waals surface area contributed by atoms with Gasteiger partial charge in [0.05, 0.1) is 0 Å². The first-order valence-corrected chi connectivity index (χ1v) is 8.21. The molecule has 1 aromatic carbocycles. The number of thioether (sulfide) groups is 1. The van der Waals surface area contributed by atoms with E-state index >= 15 is 0 Å². The van der Waals surface area contributed by atoms with Crippen molar-refractivity contribution < 1.29 is 0 Å². The third-order valence-corrected chi connectivity index (χ3v) is 4.95. The molecule has 1 saturated heterocycles. The van der Waals surface area contributed by atoms with Gasteiger partial charge in [-0.05, 0) is 17.7 Å². The van der Waals surface area contributed by atoms with E-state index in [-0.39, 0.29) is 5.37 Å². The molecule has 6 heteroatoms. The van der Waals surface area contributed by atoms with Crippen LogP contribution in [0.1, 0.15) is 10.9 Å². The normalized spacial score (nSPS) is 18.0. The van der Waals surface area contributed by atoms with Crippen LogP contribution in [0, 0.1) is 0 Å². The molecule has 0 saturated carbocycles. The molecule has 1 unspecified atom stereocenters. The van der Waals surface area contributed by atoms with E-state index in [0.29, 0.717) is 0 Å². The number of nitrogens with zero attached hydrogens (tertiary/aromatic N) is 4. The molecule has 21 heavy (non-hydrogen) atoms. The predicted molar refractivity (Wildman–Crippen MR) is 90.4 cm³/mol. The molecule has 1 atom stereocenters. The summed E-state index contributed by atoms with van der Waals surface area (Å²) in [5.41, 5.74) is 1.26. The Bertz CT molecular complexity index is 617. The standard InChI is InChI=1S/C15H17ClN4S/c1-19(2)13-9-14(18-10-17-13)20-7-8-21-15(20)11-3-5-12(16)6-4-11/h3-6,9-10,15H,7-8H2,1-2H3. The second kappa shape index (κ2) is 6.12. The Hall–Kier alpha value is -1.46. The molecule has 0 N–H and O–H groups in total. The summed E-state index contributed by atoms with van der Waals surface area (Å²) < 4.78 is 0. The molecule has 0 spiro atoms. The Kier molecular flexibility index (Phi) is 4.22. The molecule has 3 rings (SSSR count). The lowest BCUT2D eigenvalue weighted by molar-refractivity contribution is 0.831. The fourth-order valence-corrected chi connectivity index (χ4v) is 3.74. The highest BCUT2D eigenvalue weighted by Gasteiger charge is 2.28. The summed E-state index contributed by atoms with van der Waals surface area (Å²) in [4.78, 5) is 13.0. The van der Waals surface area contributed by atoms with Crippen LogP contribution in [-0.2, 0) is 0 Å². The van der Waals surface area contributed by atoms with Crippen molar-refractivity contribution in [2.45, 2.75) is 5.37 Å². The van der Waals surface area contributed by atoms with Gasteiger partial charge < -0.3 is 9.80 Å². The molecule has 0 bridgehead atoms. The van der Waals surface area contributed by atoms with Gasteiger partial charge in [0.2, 0.25) is 0 Å². The zero-order chi connectivity index (χ0) is 14.8. The molecule has 0 aliphatic carbocycles. The SMILES string of the molecule is CN(C)c1cc(N2CCSC2c2ccc(Cl)cc2)ncn1. The second-order valence-corrected chi connectivity index (χ2v) is 6.72. The number of benzene rings is 1. The van der Waals surface area contributed by atoms with Gasteiger partial charge in [-0.2, -0.15) is 0 Å². The van der Waals surface area contributed by atoms with Gasteiger partial charge >= 0.3 is 0 Å². The molecular formula is C15H17ClN4S. The first-order chi connectivity index (χ1) is 10.1. The molecular weight excluding hydrogens is 304 g/mol. The van der Waals surface area contributed by atoms with Crippen LogP contribution in [0.3, 0.4) is 0 Å². The average molecular weight is 321 g/mol. The van der Waals surface area contributed by atoms with Crippen LogP contribution >= 0.6 is 23.4 Å². The van der Waals surface area contributed by atoms with Crippen molar-refractivity contribution in [3.05, 3.63) is 47.2 Å². The first kappa shape index (κ1) is 14.5. The molecule has 2 aromatic rings. The van der Waals surface area contributed by atoms with Crippen LogP contribution in [0.15, 0.2) is 36.7 Å². The van der Waals surface area contributed by atoms with Crippen LogP contribution < -0.4 is 9.80 Å². The van der Waals surface area contributed by atoms with E-state index in [1.54, 1.807) is 6.33 Å². The first-order valence-electron chi connectivity index (χ1n) is 6.78. The van der Waals surface area contributed by atoms with Gasteiger partial charge in [0.1, 0.15) is 23.3 Å². The zero-order valence-electron chi connectivity index (χ0n) is 12.0. The van der Waals surface area contributed by atoms with Crippen molar-refractivity contribution in [3.8, 4) is 0 Å². The summed E-state index contributed by atoms with van der Waals surface area (Å²) in [5, 5.41) is 1.05. The maximum atomic E-state index is 5.98. The summed E-state index contributed by atoms with van der Waals surface area (Å²) in [6.07, 6.45) is 1.63. The van der Waals surface area contributed by atoms with E-state index in [1.165, 1.54) is 5.56 Å². The minimum Gasteiger partial charge on any atom is -0.363 e. The molecule has 0 amide bonds. The highest BCUT2D eigenvalue weighted by Crippen LogP contribution is 2.40. The van der Waals surface area contributed by atoms with Crippen LogP contribution in [0.25, 0.3) is 0 Å². The highest BCUT2D eigenvalue weighted by atomic mass is 35.5. The second-order valence-electron chi connectivity index (χ2n) is 5.10. The van der Waals surface area contributed by atoms with Gasteiger partial charge in [-0.15, -0.1) is 11.8 Å². The molecule has 4 nitrogen and oxygen atoms in total. The Labute approximate surface area is 134 Å². The quantitative estimate of drug-likeness (QED) is 0.865. The lowest BCUT2D eigenvalue weighted by atomic mass is 10.2. The Morgan fingerprint density at radius 3 is 2.71 bits per heavy atom. The smallest absolute Gasteiger partial charge is 0.135 e. The average Bonchev–Trinajstić information content (AvgIpc) is 2.97. The van der Waals surface area contributed by atoms with Crippen LogP contribution in [0.2, 0.25) is 5.02 Å². The van der Waals surface area contributed by atoms with Gasteiger partial charge in [0.25, 0.3) is 0 Å². The fourth-order valence-electron chi connectivity index (χ4n) is 2.35. The van der Waals surface area contributed by atoms with E-state index in [1.807, 2.05) is 49.0 Å². The molecule has 1 aliphatic rings. The molecule has 2 heterocycles. The summed E-state index contributed by atoms with van der Waals surface area (Å²) in [5.74, 6) is 2.99. The predicted octanol–water partition coefficient (Wildman–Crippen LogP) is 3.45. The van der Waals surface area contributed by atoms with Gasteiger partial charge in [-0.25, -0.2) is 9.97 Å². The van der Waals surface area contributed by atoms with Gasteiger partial charge in [0, 0.05) is 37.5 Å². The third-order valence-electron chi connectivity index (χ3n) is 3.44. The Morgan fingerprint density at radius 2 is 2.00 bits per heavy atom. The van der Waals surface area contributed by atoms with Crippen LogP contribution in [-0.4, -0.2) is 36.4 Å². The molecule has 0 radical (unpaired) electrons. The summed E-state index contributed by atoms with van der Waals surface area (Å²) in [6.45, 7) is 0.988.